The lowest BCUT2D eigenvalue weighted by Crippen LogP contribution is -2.55. The molecule has 37 heavy (non-hydrogen) atoms. The molecule has 1 aromatic rings. The number of carbonyl (C=O) groups excluding carboxylic acids is 3. The largest absolute Gasteiger partial charge is 0.461 e. The van der Waals surface area contributed by atoms with Crippen LogP contribution in [0.5, 0.6) is 0 Å². The number of ether oxygens (including phenoxy) is 1. The monoisotopic (exact) mass is 546 g/mol. The molecule has 3 aliphatic heterocycles. The van der Waals surface area contributed by atoms with E-state index in [0.717, 1.165) is 18.4 Å². The van der Waals surface area contributed by atoms with Gasteiger partial charge in [0.05, 0.1) is 27.3 Å². The van der Waals surface area contributed by atoms with Gasteiger partial charge in [-0.3, -0.25) is 14.4 Å². The third kappa shape index (κ3) is 4.84. The fraction of sp³-hybridized carbons (Fsp3) is 0.536. The molecule has 1 N–H and O–H groups in total. The number of halogens is 1. The van der Waals surface area contributed by atoms with Crippen molar-refractivity contribution >= 4 is 46.8 Å². The van der Waals surface area contributed by atoms with Crippen LogP contribution < -0.4 is 4.90 Å². The molecule has 3 heterocycles. The number of anilines is 1. The zero-order valence-corrected chi connectivity index (χ0v) is 22.8. The maximum absolute atomic E-state index is 14.5. The number of amides is 2. The summed E-state index contributed by atoms with van der Waals surface area (Å²) in [5.41, 5.74) is 1.46. The Hall–Kier alpha value is -2.29. The summed E-state index contributed by atoms with van der Waals surface area (Å²) in [5, 5.41) is 9.61. The summed E-state index contributed by atoms with van der Waals surface area (Å²) in [4.78, 5) is 44.9. The normalized spacial score (nSPS) is 27.8. The Labute approximate surface area is 227 Å². The molecule has 0 aliphatic carbocycles. The van der Waals surface area contributed by atoms with Gasteiger partial charge in [0.1, 0.15) is 12.6 Å². The van der Waals surface area contributed by atoms with Crippen LogP contribution in [0.2, 0.25) is 5.02 Å². The van der Waals surface area contributed by atoms with Crippen LogP contribution in [0.25, 0.3) is 0 Å². The average molecular weight is 547 g/mol. The molecular formula is C28H35ClN2O5S. The molecule has 0 saturated carbocycles. The van der Waals surface area contributed by atoms with Crippen molar-refractivity contribution in [2.75, 3.05) is 31.2 Å². The number of carbonyl (C=O) groups is 3. The highest BCUT2D eigenvalue weighted by molar-refractivity contribution is 8.02. The lowest BCUT2D eigenvalue weighted by molar-refractivity contribution is -0.153. The van der Waals surface area contributed by atoms with Crippen LogP contribution in [-0.4, -0.2) is 70.1 Å². The number of benzene rings is 1. The second-order valence-corrected chi connectivity index (χ2v) is 11.9. The number of aliphatic hydroxyl groups is 1. The number of para-hydroxylation sites is 1. The number of aryl methyl sites for hydroxylation is 1. The Morgan fingerprint density at radius 3 is 2.76 bits per heavy atom. The molecule has 2 unspecified atom stereocenters. The highest BCUT2D eigenvalue weighted by atomic mass is 35.5. The first-order valence-electron chi connectivity index (χ1n) is 12.9. The highest BCUT2D eigenvalue weighted by Gasteiger charge is 2.74. The van der Waals surface area contributed by atoms with Gasteiger partial charge in [-0.25, -0.2) is 0 Å². The Morgan fingerprint density at radius 1 is 1.30 bits per heavy atom. The van der Waals surface area contributed by atoms with Gasteiger partial charge in [-0.2, -0.15) is 0 Å². The van der Waals surface area contributed by atoms with Crippen LogP contribution in [-0.2, 0) is 19.1 Å². The number of hydrogen-bond acceptors (Lipinski definition) is 6. The standard InChI is InChI=1S/C28H35ClN2O5S/c1-4-14-30(23-18(3)10-9-11-19(23)29)26(34)24-28-13-12-20(37-28)21(27(35)36-17-5-2)22(28)25(33)31(24)15-7-6-8-16-32/h4-5,9-11,20-22,24,32H,1-2,6-8,12-17H2,3H3/t20-,21+,22-,24?,28?/m0/s1. The van der Waals surface area contributed by atoms with E-state index in [-0.39, 0.29) is 36.8 Å². The average Bonchev–Trinajstić information content (AvgIpc) is 3.51. The van der Waals surface area contributed by atoms with Gasteiger partial charge in [0, 0.05) is 24.9 Å². The summed E-state index contributed by atoms with van der Waals surface area (Å²) in [6, 6.07) is 4.76. The van der Waals surface area contributed by atoms with E-state index in [1.807, 2.05) is 19.1 Å². The molecule has 0 aromatic heterocycles. The summed E-state index contributed by atoms with van der Waals surface area (Å²) < 4.78 is 4.71. The number of unbranched alkanes of at least 4 members (excludes halogenated alkanes) is 2. The Balaban J connectivity index is 1.75. The first-order chi connectivity index (χ1) is 17.8. The minimum Gasteiger partial charge on any atom is -0.461 e. The molecular weight excluding hydrogens is 512 g/mol. The fourth-order valence-corrected chi connectivity index (χ4v) is 8.81. The molecule has 2 amide bonds. The molecule has 7 nitrogen and oxygen atoms in total. The van der Waals surface area contributed by atoms with Gasteiger partial charge in [-0.1, -0.05) is 42.5 Å². The minimum atomic E-state index is -0.734. The molecule has 2 bridgehead atoms. The maximum Gasteiger partial charge on any atom is 0.311 e. The highest BCUT2D eigenvalue weighted by Crippen LogP contribution is 2.66. The van der Waals surface area contributed by atoms with Gasteiger partial charge in [0.25, 0.3) is 5.91 Å². The SMILES string of the molecule is C=CCOC(=O)[C@@H]1[C@@H]2CCC3(S2)C(C(=O)N(CC=C)c2c(C)cccc2Cl)N(CCCCCO)C(=O)[C@H]13. The van der Waals surface area contributed by atoms with E-state index < -0.39 is 28.6 Å². The van der Waals surface area contributed by atoms with Crippen molar-refractivity contribution in [3.63, 3.8) is 0 Å². The van der Waals surface area contributed by atoms with Gasteiger partial charge >= 0.3 is 5.97 Å². The molecule has 200 valence electrons. The molecule has 3 saturated heterocycles. The Morgan fingerprint density at radius 2 is 2.08 bits per heavy atom. The molecule has 1 aromatic carbocycles. The zero-order chi connectivity index (χ0) is 26.7. The van der Waals surface area contributed by atoms with Crippen molar-refractivity contribution in [3.05, 3.63) is 54.1 Å². The van der Waals surface area contributed by atoms with E-state index in [1.165, 1.54) is 6.08 Å². The van der Waals surface area contributed by atoms with Crippen molar-refractivity contribution in [2.45, 2.75) is 55.1 Å². The lowest BCUT2D eigenvalue weighted by atomic mass is 9.71. The predicted molar refractivity (Wildman–Crippen MR) is 147 cm³/mol. The number of nitrogens with zero attached hydrogens (tertiary/aromatic N) is 2. The van der Waals surface area contributed by atoms with Gasteiger partial charge in [-0.15, -0.1) is 18.3 Å². The molecule has 5 atom stereocenters. The quantitative estimate of drug-likeness (QED) is 0.241. The van der Waals surface area contributed by atoms with E-state index in [1.54, 1.807) is 33.7 Å². The summed E-state index contributed by atoms with van der Waals surface area (Å²) in [6.45, 7) is 10.2. The molecule has 0 radical (unpaired) electrons. The number of thioether (sulfide) groups is 1. The molecule has 1 spiro atoms. The van der Waals surface area contributed by atoms with E-state index in [4.69, 9.17) is 16.3 Å². The number of fused-ring (bicyclic) bond motifs is 1. The number of likely N-dealkylation sites (tertiary alicyclic amines) is 1. The third-order valence-electron chi connectivity index (χ3n) is 7.74. The van der Waals surface area contributed by atoms with Crippen LogP contribution in [0.3, 0.4) is 0 Å². The number of rotatable bonds is 12. The van der Waals surface area contributed by atoms with Gasteiger partial charge in [-0.05, 0) is 50.7 Å². The number of hydrogen-bond donors (Lipinski definition) is 1. The predicted octanol–water partition coefficient (Wildman–Crippen LogP) is 4.15. The summed E-state index contributed by atoms with van der Waals surface area (Å²) in [5.74, 6) is -1.96. The topological polar surface area (TPSA) is 87.2 Å². The first-order valence-corrected chi connectivity index (χ1v) is 14.1. The number of esters is 1. The maximum atomic E-state index is 14.5. The second kappa shape index (κ2) is 11.6. The smallest absolute Gasteiger partial charge is 0.311 e. The second-order valence-electron chi connectivity index (χ2n) is 9.93. The van der Waals surface area contributed by atoms with Crippen LogP contribution in [0.15, 0.2) is 43.5 Å². The third-order valence-corrected chi connectivity index (χ3v) is 10.00. The Kier molecular flexibility index (Phi) is 8.71. The van der Waals surface area contributed by atoms with E-state index >= 15 is 0 Å². The fourth-order valence-electron chi connectivity index (χ4n) is 6.28. The van der Waals surface area contributed by atoms with E-state index in [2.05, 4.69) is 13.2 Å². The van der Waals surface area contributed by atoms with Gasteiger partial charge < -0.3 is 19.6 Å². The first kappa shape index (κ1) is 27.7. The number of aliphatic hydroxyl groups excluding tert-OH is 1. The summed E-state index contributed by atoms with van der Waals surface area (Å²) in [7, 11) is 0. The molecule has 3 aliphatic rings. The zero-order valence-electron chi connectivity index (χ0n) is 21.2. The molecule has 3 fully saturated rings. The van der Waals surface area contributed by atoms with Crippen molar-refractivity contribution in [3.8, 4) is 0 Å². The van der Waals surface area contributed by atoms with Crippen molar-refractivity contribution < 1.29 is 24.2 Å². The van der Waals surface area contributed by atoms with Crippen LogP contribution in [0.1, 0.15) is 37.7 Å². The molecule has 4 rings (SSSR count). The summed E-state index contributed by atoms with van der Waals surface area (Å²) >= 11 is 8.20. The minimum absolute atomic E-state index is 0.0620. The van der Waals surface area contributed by atoms with Gasteiger partial charge in [0.15, 0.2) is 0 Å². The van der Waals surface area contributed by atoms with Crippen LogP contribution in [0, 0.1) is 18.8 Å². The van der Waals surface area contributed by atoms with Crippen molar-refractivity contribution in [1.82, 2.24) is 4.90 Å². The lowest BCUT2D eigenvalue weighted by Gasteiger charge is -2.37. The van der Waals surface area contributed by atoms with Crippen molar-refractivity contribution in [1.29, 1.82) is 0 Å². The van der Waals surface area contributed by atoms with E-state index in [9.17, 15) is 19.5 Å². The van der Waals surface area contributed by atoms with Crippen LogP contribution >= 0.6 is 23.4 Å². The van der Waals surface area contributed by atoms with Crippen LogP contribution in [0.4, 0.5) is 5.69 Å². The van der Waals surface area contributed by atoms with E-state index in [0.29, 0.717) is 36.5 Å². The van der Waals surface area contributed by atoms with Gasteiger partial charge in [0.2, 0.25) is 5.91 Å². The summed E-state index contributed by atoms with van der Waals surface area (Å²) in [6.07, 6.45) is 6.62. The van der Waals surface area contributed by atoms with Crippen molar-refractivity contribution in [2.24, 2.45) is 11.8 Å². The molecule has 9 heteroatoms. The Bertz CT molecular complexity index is 1060.